The van der Waals surface area contributed by atoms with Gasteiger partial charge < -0.3 is 10.7 Å². The molecule has 1 heterocycles. The SMILES string of the molecule is NNc1c(F)cc(C(=O)Nc2ccc(=O)[nH]n2)cc1F. The van der Waals surface area contributed by atoms with Gasteiger partial charge in [-0.2, -0.15) is 5.10 Å². The second-order valence-electron chi connectivity index (χ2n) is 3.72. The third kappa shape index (κ3) is 2.78. The molecule has 0 fully saturated rings. The van der Waals surface area contributed by atoms with Crippen molar-refractivity contribution in [3.63, 3.8) is 0 Å². The molecule has 0 bridgehead atoms. The van der Waals surface area contributed by atoms with Gasteiger partial charge in [-0.1, -0.05) is 0 Å². The van der Waals surface area contributed by atoms with Gasteiger partial charge in [0.1, 0.15) is 5.69 Å². The number of nitrogens with two attached hydrogens (primary N) is 1. The summed E-state index contributed by atoms with van der Waals surface area (Å²) in [6, 6.07) is 4.03. The molecule has 0 aliphatic heterocycles. The maximum Gasteiger partial charge on any atom is 0.264 e. The van der Waals surface area contributed by atoms with E-state index in [2.05, 4.69) is 15.5 Å². The van der Waals surface area contributed by atoms with Crippen LogP contribution in [-0.2, 0) is 0 Å². The van der Waals surface area contributed by atoms with Gasteiger partial charge in [0.25, 0.3) is 11.5 Å². The molecule has 1 aromatic heterocycles. The molecule has 104 valence electrons. The number of H-pyrrole nitrogens is 1. The predicted molar refractivity (Wildman–Crippen MR) is 67.0 cm³/mol. The average Bonchev–Trinajstić information content (AvgIpc) is 2.41. The largest absolute Gasteiger partial charge is 0.319 e. The minimum absolute atomic E-state index is 0.0384. The van der Waals surface area contributed by atoms with Crippen LogP contribution in [0.4, 0.5) is 20.3 Å². The van der Waals surface area contributed by atoms with Crippen molar-refractivity contribution in [2.45, 2.75) is 0 Å². The highest BCUT2D eigenvalue weighted by Crippen LogP contribution is 2.20. The van der Waals surface area contributed by atoms with Gasteiger partial charge in [-0.3, -0.25) is 15.4 Å². The van der Waals surface area contributed by atoms with E-state index in [9.17, 15) is 18.4 Å². The minimum Gasteiger partial charge on any atom is -0.319 e. The van der Waals surface area contributed by atoms with E-state index in [0.717, 1.165) is 18.2 Å². The lowest BCUT2D eigenvalue weighted by atomic mass is 10.1. The normalized spacial score (nSPS) is 10.2. The number of anilines is 2. The molecule has 7 nitrogen and oxygen atoms in total. The first kappa shape index (κ1) is 13.6. The van der Waals surface area contributed by atoms with Crippen LogP contribution in [0.1, 0.15) is 10.4 Å². The van der Waals surface area contributed by atoms with Crippen LogP contribution < -0.4 is 22.1 Å². The van der Waals surface area contributed by atoms with Crippen LogP contribution in [0.3, 0.4) is 0 Å². The summed E-state index contributed by atoms with van der Waals surface area (Å²) in [6.45, 7) is 0. The van der Waals surface area contributed by atoms with Gasteiger partial charge in [-0.15, -0.1) is 0 Å². The molecule has 0 radical (unpaired) electrons. The number of carbonyl (C=O) groups excluding carboxylic acids is 1. The second kappa shape index (κ2) is 5.45. The van der Waals surface area contributed by atoms with Gasteiger partial charge in [0, 0.05) is 11.6 Å². The molecule has 0 saturated carbocycles. The summed E-state index contributed by atoms with van der Waals surface area (Å²) >= 11 is 0. The van der Waals surface area contributed by atoms with Gasteiger partial charge in [0.05, 0.1) is 0 Å². The third-order valence-electron chi connectivity index (χ3n) is 2.37. The van der Waals surface area contributed by atoms with E-state index in [4.69, 9.17) is 5.84 Å². The number of aromatic amines is 1. The van der Waals surface area contributed by atoms with Crippen LogP contribution in [0.25, 0.3) is 0 Å². The fraction of sp³-hybridized carbons (Fsp3) is 0. The number of nitrogens with zero attached hydrogens (tertiary/aromatic N) is 1. The highest BCUT2D eigenvalue weighted by atomic mass is 19.1. The fourth-order valence-corrected chi connectivity index (χ4v) is 1.44. The molecule has 2 aromatic rings. The Bertz CT molecular complexity index is 673. The van der Waals surface area contributed by atoms with Gasteiger partial charge in [0.15, 0.2) is 17.5 Å². The zero-order chi connectivity index (χ0) is 14.7. The lowest BCUT2D eigenvalue weighted by Gasteiger charge is -2.07. The predicted octanol–water partition coefficient (Wildman–Crippen LogP) is 0.586. The van der Waals surface area contributed by atoms with E-state index in [-0.39, 0.29) is 11.4 Å². The molecule has 0 aliphatic carbocycles. The Morgan fingerprint density at radius 2 is 1.90 bits per heavy atom. The second-order valence-corrected chi connectivity index (χ2v) is 3.72. The quantitative estimate of drug-likeness (QED) is 0.485. The zero-order valence-corrected chi connectivity index (χ0v) is 9.91. The van der Waals surface area contributed by atoms with E-state index in [0.29, 0.717) is 0 Å². The summed E-state index contributed by atoms with van der Waals surface area (Å²) in [5, 5.41) is 7.91. The number of halogens is 2. The Balaban J connectivity index is 2.25. The average molecular weight is 281 g/mol. The Kier molecular flexibility index (Phi) is 3.71. The van der Waals surface area contributed by atoms with Gasteiger partial charge in [0.2, 0.25) is 0 Å². The molecule has 1 amide bonds. The van der Waals surface area contributed by atoms with E-state index < -0.39 is 28.8 Å². The topological polar surface area (TPSA) is 113 Å². The van der Waals surface area contributed by atoms with Crippen molar-refractivity contribution in [3.8, 4) is 0 Å². The number of aromatic nitrogens is 2. The van der Waals surface area contributed by atoms with Crippen LogP contribution in [-0.4, -0.2) is 16.1 Å². The molecule has 1 aromatic carbocycles. The van der Waals surface area contributed by atoms with Crippen LogP contribution in [0.15, 0.2) is 29.1 Å². The molecule has 0 aliphatic rings. The summed E-state index contributed by atoms with van der Waals surface area (Å²) in [4.78, 5) is 22.6. The Hall–Kier alpha value is -2.81. The van der Waals surface area contributed by atoms with Crippen molar-refractivity contribution >= 4 is 17.4 Å². The Morgan fingerprint density at radius 1 is 1.25 bits per heavy atom. The zero-order valence-electron chi connectivity index (χ0n) is 9.91. The van der Waals surface area contributed by atoms with Gasteiger partial charge in [-0.05, 0) is 18.2 Å². The van der Waals surface area contributed by atoms with Crippen LogP contribution in [0, 0.1) is 11.6 Å². The fourth-order valence-electron chi connectivity index (χ4n) is 1.44. The van der Waals surface area contributed by atoms with Gasteiger partial charge in [-0.25, -0.2) is 13.9 Å². The number of nitrogen functional groups attached to an aromatic ring is 1. The minimum atomic E-state index is -1.01. The van der Waals surface area contributed by atoms with E-state index >= 15 is 0 Å². The molecule has 20 heavy (non-hydrogen) atoms. The molecule has 5 N–H and O–H groups in total. The molecule has 0 spiro atoms. The monoisotopic (exact) mass is 281 g/mol. The first-order valence-corrected chi connectivity index (χ1v) is 5.34. The number of amides is 1. The summed E-state index contributed by atoms with van der Waals surface area (Å²) < 4.78 is 26.9. The molecular weight excluding hydrogens is 272 g/mol. The number of hydrogen-bond acceptors (Lipinski definition) is 5. The van der Waals surface area contributed by atoms with Crippen molar-refractivity contribution in [1.29, 1.82) is 0 Å². The molecular formula is C11H9F2N5O2. The number of rotatable bonds is 3. The lowest BCUT2D eigenvalue weighted by Crippen LogP contribution is -2.17. The highest BCUT2D eigenvalue weighted by molar-refractivity contribution is 6.03. The maximum absolute atomic E-state index is 13.4. The number of carbonyl (C=O) groups is 1. The van der Waals surface area contributed by atoms with E-state index in [1.54, 1.807) is 0 Å². The first-order valence-electron chi connectivity index (χ1n) is 5.34. The highest BCUT2D eigenvalue weighted by Gasteiger charge is 2.15. The molecule has 2 rings (SSSR count). The van der Waals surface area contributed by atoms with Crippen molar-refractivity contribution in [2.75, 3.05) is 10.7 Å². The smallest absolute Gasteiger partial charge is 0.264 e. The summed E-state index contributed by atoms with van der Waals surface area (Å²) in [7, 11) is 0. The molecule has 9 heteroatoms. The molecule has 0 saturated heterocycles. The molecule has 0 unspecified atom stereocenters. The van der Waals surface area contributed by atoms with Crippen LogP contribution >= 0.6 is 0 Å². The van der Waals surface area contributed by atoms with Gasteiger partial charge >= 0.3 is 0 Å². The number of benzene rings is 1. The third-order valence-corrected chi connectivity index (χ3v) is 2.37. The Morgan fingerprint density at radius 3 is 2.40 bits per heavy atom. The van der Waals surface area contributed by atoms with Crippen molar-refractivity contribution in [1.82, 2.24) is 10.2 Å². The number of nitrogens with one attached hydrogen (secondary N) is 3. The van der Waals surface area contributed by atoms with Crippen LogP contribution in [0.2, 0.25) is 0 Å². The standard InChI is InChI=1S/C11H9F2N5O2/c12-6-3-5(4-7(13)10(6)16-14)11(20)15-8-1-2-9(19)18-17-8/h1-4,16H,14H2,(H,18,19)(H,15,17,20). The van der Waals surface area contributed by atoms with E-state index in [1.165, 1.54) is 6.07 Å². The summed E-state index contributed by atoms with van der Waals surface area (Å²) in [5.74, 6) is 2.18. The molecule has 0 atom stereocenters. The number of hydrazine groups is 1. The first-order chi connectivity index (χ1) is 9.51. The maximum atomic E-state index is 13.4. The Labute approximate surface area is 110 Å². The lowest BCUT2D eigenvalue weighted by molar-refractivity contribution is 0.102. The summed E-state index contributed by atoms with van der Waals surface area (Å²) in [6.07, 6.45) is 0. The van der Waals surface area contributed by atoms with Crippen molar-refractivity contribution in [2.24, 2.45) is 5.84 Å². The van der Waals surface area contributed by atoms with E-state index in [1.807, 2.05) is 5.43 Å². The van der Waals surface area contributed by atoms with Crippen molar-refractivity contribution < 1.29 is 13.6 Å². The van der Waals surface area contributed by atoms with Crippen LogP contribution in [0.5, 0.6) is 0 Å². The van der Waals surface area contributed by atoms with Crippen molar-refractivity contribution in [3.05, 3.63) is 51.8 Å². The number of hydrogen-bond donors (Lipinski definition) is 4. The summed E-state index contributed by atoms with van der Waals surface area (Å²) in [5.41, 5.74) is 0.610.